The number of aromatic nitrogens is 1. The number of carbonyl (C=O) groups is 1. The predicted molar refractivity (Wildman–Crippen MR) is 102 cm³/mol. The average molecular weight is 366 g/mol. The lowest BCUT2D eigenvalue weighted by atomic mass is 9.92. The minimum atomic E-state index is -0.404. The molecule has 0 spiro atoms. The first-order valence-electron chi connectivity index (χ1n) is 9.37. The second kappa shape index (κ2) is 6.80. The Balaban J connectivity index is 1.63. The highest BCUT2D eigenvalue weighted by Crippen LogP contribution is 2.33. The molecular weight excluding hydrogens is 343 g/mol. The van der Waals surface area contributed by atoms with E-state index in [1.165, 1.54) is 6.07 Å². The van der Waals surface area contributed by atoms with Gasteiger partial charge in [0.1, 0.15) is 5.52 Å². The number of oxazole rings is 1. The van der Waals surface area contributed by atoms with E-state index in [4.69, 9.17) is 4.42 Å². The van der Waals surface area contributed by atoms with Gasteiger partial charge >= 0.3 is 0 Å². The Hall–Kier alpha value is -2.69. The molecule has 5 heteroatoms. The van der Waals surface area contributed by atoms with E-state index in [0.29, 0.717) is 18.0 Å². The number of amides is 1. The number of halogens is 1. The number of hydrogen-bond donors (Lipinski definition) is 0. The van der Waals surface area contributed by atoms with Gasteiger partial charge in [-0.3, -0.25) is 4.79 Å². The van der Waals surface area contributed by atoms with Crippen LogP contribution in [0.1, 0.15) is 53.1 Å². The largest absolute Gasteiger partial charge is 0.437 e. The van der Waals surface area contributed by atoms with E-state index in [-0.39, 0.29) is 23.4 Å². The molecule has 0 saturated carbocycles. The van der Waals surface area contributed by atoms with E-state index < -0.39 is 5.82 Å². The molecule has 1 saturated heterocycles. The van der Waals surface area contributed by atoms with Gasteiger partial charge in [0.05, 0.1) is 5.92 Å². The normalized spacial score (nSPS) is 20.2. The van der Waals surface area contributed by atoms with Gasteiger partial charge < -0.3 is 9.32 Å². The number of piperidine rings is 1. The van der Waals surface area contributed by atoms with Crippen molar-refractivity contribution >= 4 is 17.0 Å². The fraction of sp³-hybridized carbons (Fsp3) is 0.364. The van der Waals surface area contributed by atoms with Crippen LogP contribution in [0.25, 0.3) is 11.1 Å². The van der Waals surface area contributed by atoms with Crippen molar-refractivity contribution in [1.29, 1.82) is 0 Å². The van der Waals surface area contributed by atoms with Crippen LogP contribution in [0.15, 0.2) is 40.8 Å². The Labute approximate surface area is 158 Å². The zero-order valence-corrected chi connectivity index (χ0v) is 15.8. The molecule has 0 radical (unpaired) electrons. The molecule has 2 atom stereocenters. The van der Waals surface area contributed by atoms with Crippen LogP contribution in [-0.4, -0.2) is 28.4 Å². The van der Waals surface area contributed by atoms with Crippen molar-refractivity contribution in [3.8, 4) is 0 Å². The van der Waals surface area contributed by atoms with Crippen LogP contribution < -0.4 is 0 Å². The van der Waals surface area contributed by atoms with Gasteiger partial charge in [-0.05, 0) is 57.4 Å². The van der Waals surface area contributed by atoms with E-state index >= 15 is 0 Å². The Morgan fingerprint density at radius 1 is 1.22 bits per heavy atom. The summed E-state index contributed by atoms with van der Waals surface area (Å²) < 4.78 is 19.7. The number of hydrogen-bond acceptors (Lipinski definition) is 3. The van der Waals surface area contributed by atoms with Gasteiger partial charge in [0, 0.05) is 18.2 Å². The summed E-state index contributed by atoms with van der Waals surface area (Å²) in [6.07, 6.45) is 1.73. The minimum absolute atomic E-state index is 0.0259. The summed E-state index contributed by atoms with van der Waals surface area (Å²) >= 11 is 0. The second-order valence-electron chi connectivity index (χ2n) is 7.54. The molecule has 2 heterocycles. The van der Waals surface area contributed by atoms with E-state index in [0.717, 1.165) is 29.5 Å². The number of para-hydroxylation sites is 1. The van der Waals surface area contributed by atoms with Crippen LogP contribution in [-0.2, 0) is 0 Å². The quantitative estimate of drug-likeness (QED) is 0.642. The summed E-state index contributed by atoms with van der Waals surface area (Å²) in [6.45, 7) is 6.56. The van der Waals surface area contributed by atoms with Crippen molar-refractivity contribution in [2.24, 2.45) is 0 Å². The van der Waals surface area contributed by atoms with Crippen molar-refractivity contribution in [2.75, 3.05) is 6.54 Å². The predicted octanol–water partition coefficient (Wildman–Crippen LogP) is 4.99. The number of fused-ring (bicyclic) bond motifs is 1. The lowest BCUT2D eigenvalue weighted by Crippen LogP contribution is -2.45. The van der Waals surface area contributed by atoms with Crippen molar-refractivity contribution < 1.29 is 13.6 Å². The van der Waals surface area contributed by atoms with Gasteiger partial charge in [0.2, 0.25) is 5.89 Å². The Bertz CT molecular complexity index is 1010. The third-order valence-corrected chi connectivity index (χ3v) is 5.50. The lowest BCUT2D eigenvalue weighted by molar-refractivity contribution is 0.0597. The summed E-state index contributed by atoms with van der Waals surface area (Å²) in [6, 6.07) is 10.8. The Morgan fingerprint density at radius 3 is 2.81 bits per heavy atom. The summed E-state index contributed by atoms with van der Waals surface area (Å²) in [5, 5.41) is 0. The number of rotatable bonds is 2. The molecule has 0 N–H and O–H groups in total. The SMILES string of the molecule is Cc1ccc(C)c(C(=O)N2CC(c3nc4cccc(F)c4o3)CC[C@H]2C)c1. The molecule has 1 unspecified atom stereocenters. The molecule has 1 fully saturated rings. The molecule has 140 valence electrons. The highest BCUT2D eigenvalue weighted by molar-refractivity contribution is 5.96. The maximum Gasteiger partial charge on any atom is 0.254 e. The molecule has 27 heavy (non-hydrogen) atoms. The number of benzene rings is 2. The van der Waals surface area contributed by atoms with Crippen molar-refractivity contribution in [1.82, 2.24) is 9.88 Å². The molecule has 1 aliphatic rings. The molecule has 3 aromatic rings. The zero-order valence-electron chi connectivity index (χ0n) is 15.8. The summed E-state index contributed by atoms with van der Waals surface area (Å²) in [7, 11) is 0. The average Bonchev–Trinajstić information content (AvgIpc) is 3.09. The fourth-order valence-corrected chi connectivity index (χ4v) is 3.82. The molecule has 4 nitrogen and oxygen atoms in total. The summed E-state index contributed by atoms with van der Waals surface area (Å²) in [5.41, 5.74) is 3.50. The molecule has 1 aromatic heterocycles. The number of carbonyl (C=O) groups excluding carboxylic acids is 1. The first-order valence-corrected chi connectivity index (χ1v) is 9.37. The lowest BCUT2D eigenvalue weighted by Gasteiger charge is -2.37. The topological polar surface area (TPSA) is 46.3 Å². The van der Waals surface area contributed by atoms with E-state index in [1.807, 2.05) is 36.9 Å². The molecular formula is C22H23FN2O2. The fourth-order valence-electron chi connectivity index (χ4n) is 3.82. The smallest absolute Gasteiger partial charge is 0.254 e. The zero-order chi connectivity index (χ0) is 19.1. The van der Waals surface area contributed by atoms with Crippen LogP contribution in [0.3, 0.4) is 0 Å². The monoisotopic (exact) mass is 366 g/mol. The maximum absolute atomic E-state index is 13.9. The van der Waals surface area contributed by atoms with Crippen molar-refractivity contribution in [2.45, 2.75) is 45.6 Å². The highest BCUT2D eigenvalue weighted by Gasteiger charge is 2.33. The Kier molecular flexibility index (Phi) is 4.46. The Morgan fingerprint density at radius 2 is 2.04 bits per heavy atom. The van der Waals surface area contributed by atoms with Gasteiger partial charge in [-0.2, -0.15) is 0 Å². The third kappa shape index (κ3) is 3.22. The standard InChI is InChI=1S/C22H23FN2O2/c1-13-7-8-14(2)17(11-13)22(26)25-12-16(10-9-15(25)3)21-24-19-6-4-5-18(23)20(19)27-21/h4-8,11,15-16H,9-10,12H2,1-3H3/t15-,16?/m1/s1. The van der Waals surface area contributed by atoms with E-state index in [9.17, 15) is 9.18 Å². The van der Waals surface area contributed by atoms with Crippen LogP contribution in [0, 0.1) is 19.7 Å². The number of likely N-dealkylation sites (tertiary alicyclic amines) is 1. The maximum atomic E-state index is 13.9. The summed E-state index contributed by atoms with van der Waals surface area (Å²) in [4.78, 5) is 19.6. The van der Waals surface area contributed by atoms with Crippen molar-refractivity contribution in [3.05, 3.63) is 64.8 Å². The van der Waals surface area contributed by atoms with Gasteiger partial charge in [-0.1, -0.05) is 23.8 Å². The first-order chi connectivity index (χ1) is 12.9. The van der Waals surface area contributed by atoms with E-state index in [1.54, 1.807) is 12.1 Å². The van der Waals surface area contributed by atoms with Crippen LogP contribution in [0.4, 0.5) is 4.39 Å². The molecule has 4 rings (SSSR count). The van der Waals surface area contributed by atoms with Crippen molar-refractivity contribution in [3.63, 3.8) is 0 Å². The summed E-state index contributed by atoms with van der Waals surface area (Å²) in [5.74, 6) is 0.122. The highest BCUT2D eigenvalue weighted by atomic mass is 19.1. The van der Waals surface area contributed by atoms with E-state index in [2.05, 4.69) is 11.9 Å². The van der Waals surface area contributed by atoms with Gasteiger partial charge in [0.25, 0.3) is 5.91 Å². The molecule has 2 aromatic carbocycles. The van der Waals surface area contributed by atoms with Gasteiger partial charge in [0.15, 0.2) is 11.4 Å². The van der Waals surface area contributed by atoms with Gasteiger partial charge in [-0.15, -0.1) is 0 Å². The van der Waals surface area contributed by atoms with Gasteiger partial charge in [-0.25, -0.2) is 9.37 Å². The first kappa shape index (κ1) is 17.7. The van der Waals surface area contributed by atoms with Crippen LogP contribution in [0.5, 0.6) is 0 Å². The molecule has 0 aliphatic carbocycles. The number of aryl methyl sites for hydroxylation is 2. The third-order valence-electron chi connectivity index (χ3n) is 5.50. The number of nitrogens with zero attached hydrogens (tertiary/aromatic N) is 2. The minimum Gasteiger partial charge on any atom is -0.437 e. The molecule has 0 bridgehead atoms. The van der Waals surface area contributed by atoms with Crippen LogP contribution >= 0.6 is 0 Å². The molecule has 1 aliphatic heterocycles. The molecule has 1 amide bonds. The van der Waals surface area contributed by atoms with Crippen LogP contribution in [0.2, 0.25) is 0 Å². The second-order valence-corrected chi connectivity index (χ2v) is 7.54.